The molecule has 3 nitrogen and oxygen atoms in total. The highest BCUT2D eigenvalue weighted by Crippen LogP contribution is 2.22. The van der Waals surface area contributed by atoms with Crippen LogP contribution in [0, 0.1) is 13.8 Å². The summed E-state index contributed by atoms with van der Waals surface area (Å²) >= 11 is 0. The second kappa shape index (κ2) is 4.62. The quantitative estimate of drug-likeness (QED) is 0.758. The molecule has 0 unspecified atom stereocenters. The van der Waals surface area contributed by atoms with Crippen molar-refractivity contribution in [3.8, 4) is 0 Å². The summed E-state index contributed by atoms with van der Waals surface area (Å²) in [6.07, 6.45) is 3.51. The van der Waals surface area contributed by atoms with Crippen LogP contribution in [0.3, 0.4) is 0 Å². The molecule has 0 aromatic carbocycles. The van der Waals surface area contributed by atoms with Gasteiger partial charge in [0.15, 0.2) is 6.29 Å². The molecule has 90 valence electrons. The largest absolute Gasteiger partial charge is 0.467 e. The van der Waals surface area contributed by atoms with Crippen LogP contribution >= 0.6 is 0 Å². The second-order valence-electron chi connectivity index (χ2n) is 4.20. The van der Waals surface area contributed by atoms with Gasteiger partial charge in [-0.25, -0.2) is 0 Å². The first-order valence-electron chi connectivity index (χ1n) is 5.85. The molecule has 0 aliphatic carbocycles. The minimum atomic E-state index is 0.686. The van der Waals surface area contributed by atoms with Crippen molar-refractivity contribution in [2.75, 3.05) is 0 Å². The fourth-order valence-electron chi connectivity index (χ4n) is 2.37. The van der Waals surface area contributed by atoms with Gasteiger partial charge in [-0.1, -0.05) is 6.92 Å². The molecule has 2 aromatic heterocycles. The van der Waals surface area contributed by atoms with Crippen LogP contribution in [0.4, 0.5) is 0 Å². The molecule has 0 aliphatic rings. The van der Waals surface area contributed by atoms with Crippen LogP contribution in [0.15, 0.2) is 22.8 Å². The van der Waals surface area contributed by atoms with E-state index in [1.54, 1.807) is 6.26 Å². The predicted molar refractivity (Wildman–Crippen MR) is 66.5 cm³/mol. The molecule has 0 fully saturated rings. The van der Waals surface area contributed by atoms with Gasteiger partial charge in [-0.3, -0.25) is 4.79 Å². The number of aldehydes is 1. The molecule has 0 spiro atoms. The maximum Gasteiger partial charge on any atom is 0.152 e. The number of furan rings is 1. The van der Waals surface area contributed by atoms with Crippen LogP contribution in [-0.2, 0) is 13.0 Å². The number of hydrogen-bond donors (Lipinski definition) is 0. The van der Waals surface area contributed by atoms with Gasteiger partial charge in [0.05, 0.1) is 12.8 Å². The highest BCUT2D eigenvalue weighted by atomic mass is 16.3. The summed E-state index contributed by atoms with van der Waals surface area (Å²) in [4.78, 5) is 11.1. The smallest absolute Gasteiger partial charge is 0.152 e. The van der Waals surface area contributed by atoms with Gasteiger partial charge in [0.2, 0.25) is 0 Å². The van der Waals surface area contributed by atoms with E-state index in [0.717, 1.165) is 41.0 Å². The van der Waals surface area contributed by atoms with Crippen LogP contribution < -0.4 is 0 Å². The van der Waals surface area contributed by atoms with E-state index in [1.807, 2.05) is 19.1 Å². The molecule has 0 atom stereocenters. The van der Waals surface area contributed by atoms with Crippen LogP contribution in [0.2, 0.25) is 0 Å². The summed E-state index contributed by atoms with van der Waals surface area (Å²) in [5.74, 6) is 0.909. The van der Waals surface area contributed by atoms with Crippen LogP contribution in [-0.4, -0.2) is 10.9 Å². The Morgan fingerprint density at radius 3 is 2.59 bits per heavy atom. The molecule has 0 N–H and O–H groups in total. The van der Waals surface area contributed by atoms with Gasteiger partial charge >= 0.3 is 0 Å². The molecule has 0 radical (unpaired) electrons. The molecule has 0 bridgehead atoms. The average Bonchev–Trinajstić information content (AvgIpc) is 2.90. The molecule has 2 aromatic rings. The van der Waals surface area contributed by atoms with Crippen molar-refractivity contribution in [3.63, 3.8) is 0 Å². The predicted octanol–water partition coefficient (Wildman–Crippen LogP) is 3.12. The monoisotopic (exact) mass is 231 g/mol. The third-order valence-corrected chi connectivity index (χ3v) is 3.33. The third kappa shape index (κ3) is 1.93. The lowest BCUT2D eigenvalue weighted by atomic mass is 10.1. The molecule has 2 heterocycles. The number of carbonyl (C=O) groups is 1. The Hall–Kier alpha value is -1.77. The lowest BCUT2D eigenvalue weighted by Gasteiger charge is -2.07. The van der Waals surface area contributed by atoms with E-state index < -0.39 is 0 Å². The second-order valence-corrected chi connectivity index (χ2v) is 4.20. The fourth-order valence-corrected chi connectivity index (χ4v) is 2.37. The van der Waals surface area contributed by atoms with Crippen molar-refractivity contribution in [2.24, 2.45) is 0 Å². The van der Waals surface area contributed by atoms with Crippen LogP contribution in [0.1, 0.15) is 40.0 Å². The van der Waals surface area contributed by atoms with Gasteiger partial charge in [-0.2, -0.15) is 0 Å². The standard InChI is InChI=1S/C14H17NO2/c1-4-13-10(2)15(11(3)14(13)9-16)8-12-6-5-7-17-12/h5-7,9H,4,8H2,1-3H3. The summed E-state index contributed by atoms with van der Waals surface area (Å²) < 4.78 is 7.49. The number of rotatable bonds is 4. The minimum absolute atomic E-state index is 0.686. The topological polar surface area (TPSA) is 35.1 Å². The Morgan fingerprint density at radius 2 is 2.12 bits per heavy atom. The van der Waals surface area contributed by atoms with Gasteiger partial charge in [-0.15, -0.1) is 0 Å². The summed E-state index contributed by atoms with van der Waals surface area (Å²) in [5, 5.41) is 0. The molecular weight excluding hydrogens is 214 g/mol. The Bertz CT molecular complexity index is 521. The summed E-state index contributed by atoms with van der Waals surface area (Å²) in [5.41, 5.74) is 4.15. The molecule has 0 aliphatic heterocycles. The zero-order chi connectivity index (χ0) is 12.4. The molecule has 0 saturated heterocycles. The highest BCUT2D eigenvalue weighted by Gasteiger charge is 2.16. The van der Waals surface area contributed by atoms with E-state index in [2.05, 4.69) is 18.4 Å². The van der Waals surface area contributed by atoms with E-state index in [1.165, 1.54) is 0 Å². The first-order valence-corrected chi connectivity index (χ1v) is 5.85. The summed E-state index contributed by atoms with van der Waals surface area (Å²) in [6, 6.07) is 3.83. The van der Waals surface area contributed by atoms with Gasteiger partial charge < -0.3 is 8.98 Å². The number of aromatic nitrogens is 1. The molecule has 17 heavy (non-hydrogen) atoms. The Balaban J connectivity index is 2.47. The SMILES string of the molecule is CCc1c(C=O)c(C)n(Cc2ccco2)c1C. The molecule has 0 saturated carbocycles. The Labute approximate surface area is 101 Å². The van der Waals surface area contributed by atoms with Crippen molar-refractivity contribution >= 4 is 6.29 Å². The zero-order valence-electron chi connectivity index (χ0n) is 10.5. The van der Waals surface area contributed by atoms with E-state index in [4.69, 9.17) is 4.42 Å². The van der Waals surface area contributed by atoms with Gasteiger partial charge in [0, 0.05) is 17.0 Å². The number of hydrogen-bond acceptors (Lipinski definition) is 2. The van der Waals surface area contributed by atoms with Gasteiger partial charge in [0.1, 0.15) is 5.76 Å². The number of carbonyl (C=O) groups excluding carboxylic acids is 1. The molecule has 3 heteroatoms. The highest BCUT2D eigenvalue weighted by molar-refractivity contribution is 5.80. The normalized spacial score (nSPS) is 10.8. The van der Waals surface area contributed by atoms with Crippen LogP contribution in [0.5, 0.6) is 0 Å². The fraction of sp³-hybridized carbons (Fsp3) is 0.357. The van der Waals surface area contributed by atoms with E-state index in [0.29, 0.717) is 6.54 Å². The number of nitrogens with zero attached hydrogens (tertiary/aromatic N) is 1. The van der Waals surface area contributed by atoms with Crippen molar-refractivity contribution in [1.82, 2.24) is 4.57 Å². The lowest BCUT2D eigenvalue weighted by molar-refractivity contribution is 0.112. The van der Waals surface area contributed by atoms with Crippen molar-refractivity contribution in [2.45, 2.75) is 33.7 Å². The average molecular weight is 231 g/mol. The maximum atomic E-state index is 11.1. The van der Waals surface area contributed by atoms with Gasteiger partial charge in [-0.05, 0) is 38.0 Å². The van der Waals surface area contributed by atoms with E-state index in [9.17, 15) is 4.79 Å². The molecule has 2 rings (SSSR count). The van der Waals surface area contributed by atoms with Crippen LogP contribution in [0.25, 0.3) is 0 Å². The Kier molecular flexibility index (Phi) is 3.18. The van der Waals surface area contributed by atoms with Gasteiger partial charge in [0.25, 0.3) is 0 Å². The van der Waals surface area contributed by atoms with E-state index in [-0.39, 0.29) is 0 Å². The van der Waals surface area contributed by atoms with Crippen molar-refractivity contribution < 1.29 is 9.21 Å². The summed E-state index contributed by atoms with van der Waals surface area (Å²) in [6.45, 7) is 6.80. The molecule has 0 amide bonds. The maximum absolute atomic E-state index is 11.1. The zero-order valence-corrected chi connectivity index (χ0v) is 10.5. The third-order valence-electron chi connectivity index (χ3n) is 3.33. The summed E-state index contributed by atoms with van der Waals surface area (Å²) in [7, 11) is 0. The van der Waals surface area contributed by atoms with E-state index >= 15 is 0 Å². The van der Waals surface area contributed by atoms with Crippen molar-refractivity contribution in [3.05, 3.63) is 46.7 Å². The first kappa shape index (κ1) is 11.7. The molecular formula is C14H17NO2. The lowest BCUT2D eigenvalue weighted by Crippen LogP contribution is -2.03. The first-order chi connectivity index (χ1) is 8.19. The van der Waals surface area contributed by atoms with Crippen molar-refractivity contribution in [1.29, 1.82) is 0 Å². The Morgan fingerprint density at radius 1 is 1.35 bits per heavy atom. The minimum Gasteiger partial charge on any atom is -0.467 e.